The van der Waals surface area contributed by atoms with E-state index in [1.165, 1.54) is 14.2 Å². The van der Waals surface area contributed by atoms with Crippen LogP contribution < -0.4 is 25.7 Å². The Bertz CT molecular complexity index is 1230. The van der Waals surface area contributed by atoms with Gasteiger partial charge in [-0.3, -0.25) is 4.98 Å². The lowest BCUT2D eigenvalue weighted by Gasteiger charge is -2.27. The Kier molecular flexibility index (Phi) is 4.28. The zero-order valence-electron chi connectivity index (χ0n) is 14.8. The summed E-state index contributed by atoms with van der Waals surface area (Å²) in [7, 11) is 3.06. The summed E-state index contributed by atoms with van der Waals surface area (Å²) >= 11 is 3.47. The first kappa shape index (κ1) is 18.0. The Morgan fingerprint density at radius 1 is 1.29 bits per heavy atom. The Hall–Kier alpha value is -3.38. The van der Waals surface area contributed by atoms with Crippen molar-refractivity contribution in [3.63, 3.8) is 0 Å². The van der Waals surface area contributed by atoms with E-state index in [1.807, 2.05) is 6.07 Å². The molecule has 3 N–H and O–H groups in total. The standard InChI is InChI=1S/C19H14BrN3O5/c1-25-13-6-8(5-11(20)16(13)26-2)14-9-3-4-12-17(28-19(24)23-12)15(9)27-18(22)10(14)7-21/h3-6,14H,22H2,1-2H3,(H,23,24). The van der Waals surface area contributed by atoms with Crippen LogP contribution in [0, 0.1) is 11.3 Å². The highest BCUT2D eigenvalue weighted by Crippen LogP contribution is 2.47. The van der Waals surface area contributed by atoms with Gasteiger partial charge in [0.2, 0.25) is 5.88 Å². The molecule has 1 aliphatic rings. The molecule has 0 bridgehead atoms. The fraction of sp³-hybridized carbons (Fsp3) is 0.158. The van der Waals surface area contributed by atoms with Crippen molar-refractivity contribution < 1.29 is 18.6 Å². The largest absolute Gasteiger partial charge is 0.493 e. The predicted molar refractivity (Wildman–Crippen MR) is 103 cm³/mol. The third-order valence-corrected chi connectivity index (χ3v) is 5.15. The second-order valence-electron chi connectivity index (χ2n) is 6.04. The van der Waals surface area contributed by atoms with E-state index in [-0.39, 0.29) is 17.0 Å². The molecule has 1 aliphatic heterocycles. The van der Waals surface area contributed by atoms with E-state index in [1.54, 1.807) is 18.2 Å². The minimum absolute atomic E-state index is 0.0535. The zero-order chi connectivity index (χ0) is 20.0. The molecule has 0 fully saturated rings. The number of nitrogens with zero attached hydrogens (tertiary/aromatic N) is 1. The quantitative estimate of drug-likeness (QED) is 0.636. The van der Waals surface area contributed by atoms with Crippen molar-refractivity contribution >= 4 is 27.0 Å². The van der Waals surface area contributed by atoms with Gasteiger partial charge in [-0.2, -0.15) is 5.26 Å². The van der Waals surface area contributed by atoms with Crippen molar-refractivity contribution in [2.45, 2.75) is 5.92 Å². The number of nitrogens with one attached hydrogen (secondary N) is 1. The van der Waals surface area contributed by atoms with Crippen molar-refractivity contribution in [3.8, 4) is 23.3 Å². The third-order valence-electron chi connectivity index (χ3n) is 4.56. The number of halogens is 1. The van der Waals surface area contributed by atoms with Crippen LogP contribution in [0.15, 0.2) is 49.4 Å². The van der Waals surface area contributed by atoms with E-state index in [9.17, 15) is 10.1 Å². The molecule has 0 radical (unpaired) electrons. The van der Waals surface area contributed by atoms with Crippen molar-refractivity contribution in [3.05, 3.63) is 61.9 Å². The Morgan fingerprint density at radius 3 is 2.75 bits per heavy atom. The smallest absolute Gasteiger partial charge is 0.417 e. The van der Waals surface area contributed by atoms with Crippen LogP contribution in [0.3, 0.4) is 0 Å². The number of hydrogen-bond acceptors (Lipinski definition) is 7. The van der Waals surface area contributed by atoms with Gasteiger partial charge in [0.1, 0.15) is 11.6 Å². The second-order valence-corrected chi connectivity index (χ2v) is 6.89. The molecule has 0 saturated carbocycles. The summed E-state index contributed by atoms with van der Waals surface area (Å²) in [4.78, 5) is 14.2. The average Bonchev–Trinajstić information content (AvgIpc) is 3.07. The molecule has 9 heteroatoms. The molecule has 0 saturated heterocycles. The van der Waals surface area contributed by atoms with Crippen LogP contribution in [0.4, 0.5) is 0 Å². The fourth-order valence-corrected chi connectivity index (χ4v) is 3.99. The first-order chi connectivity index (χ1) is 13.5. The van der Waals surface area contributed by atoms with Crippen molar-refractivity contribution in [2.24, 2.45) is 5.73 Å². The molecule has 4 rings (SSSR count). The van der Waals surface area contributed by atoms with Gasteiger partial charge in [-0.25, -0.2) is 4.79 Å². The normalized spacial score (nSPS) is 15.7. The van der Waals surface area contributed by atoms with Crippen LogP contribution in [0.2, 0.25) is 0 Å². The summed E-state index contributed by atoms with van der Waals surface area (Å²) in [6.45, 7) is 0. The number of fused-ring (bicyclic) bond motifs is 3. The number of methoxy groups -OCH3 is 2. The van der Waals surface area contributed by atoms with Crippen LogP contribution in [0.5, 0.6) is 17.2 Å². The highest BCUT2D eigenvalue weighted by Gasteiger charge is 2.34. The molecule has 1 aromatic heterocycles. The zero-order valence-corrected chi connectivity index (χ0v) is 16.4. The first-order valence-electron chi connectivity index (χ1n) is 8.13. The molecule has 0 aliphatic carbocycles. The van der Waals surface area contributed by atoms with Crippen LogP contribution in [-0.2, 0) is 0 Å². The number of aromatic amines is 1. The SMILES string of the molecule is COc1cc(C2C(C#N)=C(N)Oc3c2ccc2[nH]c(=O)oc32)cc(Br)c1OC. The maximum atomic E-state index is 11.6. The lowest BCUT2D eigenvalue weighted by molar-refractivity contribution is 0.352. The number of ether oxygens (including phenoxy) is 3. The Balaban J connectivity index is 2.01. The number of oxazole rings is 1. The van der Waals surface area contributed by atoms with Gasteiger partial charge in [0.25, 0.3) is 0 Å². The molecule has 8 nitrogen and oxygen atoms in total. The number of aromatic nitrogens is 1. The number of nitrogens with two attached hydrogens (primary N) is 1. The molecule has 2 aromatic carbocycles. The average molecular weight is 444 g/mol. The predicted octanol–water partition coefficient (Wildman–Crippen LogP) is 3.12. The number of H-pyrrole nitrogens is 1. The van der Waals surface area contributed by atoms with Gasteiger partial charge in [0.05, 0.1) is 30.1 Å². The lowest BCUT2D eigenvalue weighted by Crippen LogP contribution is -2.21. The third kappa shape index (κ3) is 2.61. The fourth-order valence-electron chi connectivity index (χ4n) is 3.37. The Labute approximate surface area is 167 Å². The van der Waals surface area contributed by atoms with Crippen LogP contribution >= 0.6 is 15.9 Å². The molecule has 1 unspecified atom stereocenters. The summed E-state index contributed by atoms with van der Waals surface area (Å²) in [5.41, 5.74) is 8.36. The van der Waals surface area contributed by atoms with Crippen molar-refractivity contribution in [1.29, 1.82) is 5.26 Å². The summed E-state index contributed by atoms with van der Waals surface area (Å²) in [6, 6.07) is 9.18. The summed E-state index contributed by atoms with van der Waals surface area (Å²) < 4.78 is 22.3. The molecule has 1 atom stereocenters. The van der Waals surface area contributed by atoms with Gasteiger partial charge in [0.15, 0.2) is 22.8 Å². The lowest BCUT2D eigenvalue weighted by atomic mass is 9.83. The summed E-state index contributed by atoms with van der Waals surface area (Å²) in [5.74, 6) is 0.108. The van der Waals surface area contributed by atoms with Crippen molar-refractivity contribution in [2.75, 3.05) is 14.2 Å². The van der Waals surface area contributed by atoms with Gasteiger partial charge in [0, 0.05) is 5.56 Å². The van der Waals surface area contributed by atoms with Gasteiger partial charge in [-0.1, -0.05) is 6.07 Å². The molecular formula is C19H14BrN3O5. The summed E-state index contributed by atoms with van der Waals surface area (Å²) in [5, 5.41) is 9.72. The van der Waals surface area contributed by atoms with Crippen LogP contribution in [0.25, 0.3) is 11.1 Å². The molecule has 0 amide bonds. The van der Waals surface area contributed by atoms with E-state index >= 15 is 0 Å². The molecule has 28 heavy (non-hydrogen) atoms. The van der Waals surface area contributed by atoms with E-state index in [4.69, 9.17) is 24.4 Å². The number of rotatable bonds is 3. The maximum Gasteiger partial charge on any atom is 0.417 e. The van der Waals surface area contributed by atoms with E-state index < -0.39 is 11.7 Å². The van der Waals surface area contributed by atoms with E-state index in [0.29, 0.717) is 32.8 Å². The van der Waals surface area contributed by atoms with E-state index in [2.05, 4.69) is 27.0 Å². The first-order valence-corrected chi connectivity index (χ1v) is 8.92. The number of nitriles is 1. The van der Waals surface area contributed by atoms with Gasteiger partial charge < -0.3 is 24.4 Å². The Morgan fingerprint density at radius 2 is 2.07 bits per heavy atom. The van der Waals surface area contributed by atoms with Gasteiger partial charge in [-0.05, 0) is 39.7 Å². The number of benzene rings is 2. The second kappa shape index (κ2) is 6.65. The number of hydrogen-bond donors (Lipinski definition) is 2. The van der Waals surface area contributed by atoms with Crippen LogP contribution in [0.1, 0.15) is 17.0 Å². The summed E-state index contributed by atoms with van der Waals surface area (Å²) in [6.07, 6.45) is 0. The highest BCUT2D eigenvalue weighted by molar-refractivity contribution is 9.10. The minimum atomic E-state index is -0.606. The molecule has 142 valence electrons. The highest BCUT2D eigenvalue weighted by atomic mass is 79.9. The molecule has 2 heterocycles. The van der Waals surface area contributed by atoms with Crippen molar-refractivity contribution in [1.82, 2.24) is 4.98 Å². The molecule has 0 spiro atoms. The molecule has 3 aromatic rings. The maximum absolute atomic E-state index is 11.6. The topological polar surface area (TPSA) is 124 Å². The molecular weight excluding hydrogens is 430 g/mol. The number of allylic oxidation sites excluding steroid dienone is 1. The monoisotopic (exact) mass is 443 g/mol. The van der Waals surface area contributed by atoms with E-state index in [0.717, 1.165) is 5.56 Å². The van der Waals surface area contributed by atoms with Gasteiger partial charge >= 0.3 is 5.76 Å². The van der Waals surface area contributed by atoms with Crippen LogP contribution in [-0.4, -0.2) is 19.2 Å². The van der Waals surface area contributed by atoms with Gasteiger partial charge in [-0.15, -0.1) is 0 Å². The minimum Gasteiger partial charge on any atom is -0.493 e.